The summed E-state index contributed by atoms with van der Waals surface area (Å²) in [6, 6.07) is 29.1. The zero-order valence-corrected chi connectivity index (χ0v) is 17.8. The molecule has 0 aliphatic heterocycles. The molecule has 4 rings (SSSR count). The number of ether oxygens (including phenoxy) is 1. The van der Waals surface area contributed by atoms with Crippen molar-refractivity contribution in [1.82, 2.24) is 9.97 Å². The molecule has 0 spiro atoms. The average Bonchev–Trinajstić information content (AvgIpc) is 2.81. The molecule has 0 N–H and O–H groups in total. The molecule has 0 bridgehead atoms. The van der Waals surface area contributed by atoms with E-state index in [0.717, 1.165) is 38.1 Å². The van der Waals surface area contributed by atoms with E-state index in [9.17, 15) is 0 Å². The Balaban J connectivity index is 1.96. The third kappa shape index (κ3) is 4.61. The van der Waals surface area contributed by atoms with Gasteiger partial charge in [0.05, 0.1) is 7.11 Å². The lowest BCUT2D eigenvalue weighted by atomic mass is 9.94. The zero-order valence-electron chi connectivity index (χ0n) is 16.9. The summed E-state index contributed by atoms with van der Waals surface area (Å²) < 4.78 is 5.37. The standard InChI is InChI=1S/C26H22N2OS/c1-19-9-11-20(12-10-19)24(21-13-15-23(29-2)16-14-21)25(22-7-4-3-5-8-22)30-26-27-17-6-18-28-26/h3-18H,1-2H3/b25-24+. The van der Waals surface area contributed by atoms with E-state index in [1.165, 1.54) is 5.56 Å². The van der Waals surface area contributed by atoms with Gasteiger partial charge in [0.25, 0.3) is 0 Å². The minimum atomic E-state index is 0.717. The van der Waals surface area contributed by atoms with Crippen LogP contribution in [0.4, 0.5) is 0 Å². The van der Waals surface area contributed by atoms with Crippen molar-refractivity contribution in [2.24, 2.45) is 0 Å². The fourth-order valence-electron chi connectivity index (χ4n) is 3.18. The number of thioether (sulfide) groups is 1. The molecule has 0 atom stereocenters. The molecule has 0 unspecified atom stereocenters. The maximum absolute atomic E-state index is 5.37. The van der Waals surface area contributed by atoms with E-state index in [0.29, 0.717) is 0 Å². The largest absolute Gasteiger partial charge is 0.497 e. The van der Waals surface area contributed by atoms with E-state index in [2.05, 4.69) is 77.6 Å². The Bertz CT molecular complexity index is 1120. The predicted octanol–water partition coefficient (Wildman–Crippen LogP) is 6.50. The highest BCUT2D eigenvalue weighted by Crippen LogP contribution is 2.42. The van der Waals surface area contributed by atoms with Crippen LogP contribution in [0.3, 0.4) is 0 Å². The maximum Gasteiger partial charge on any atom is 0.192 e. The SMILES string of the molecule is COc1ccc(/C(=C(/Sc2ncccn2)c2ccccc2)c2ccc(C)cc2)cc1. The van der Waals surface area contributed by atoms with Crippen molar-refractivity contribution in [3.63, 3.8) is 0 Å². The Labute approximate surface area is 181 Å². The van der Waals surface area contributed by atoms with Crippen LogP contribution >= 0.6 is 11.8 Å². The van der Waals surface area contributed by atoms with Crippen LogP contribution in [0.5, 0.6) is 5.75 Å². The molecule has 3 aromatic carbocycles. The number of methoxy groups -OCH3 is 1. The Morgan fingerprint density at radius 2 is 1.30 bits per heavy atom. The highest BCUT2D eigenvalue weighted by atomic mass is 32.2. The van der Waals surface area contributed by atoms with Crippen molar-refractivity contribution < 1.29 is 4.74 Å². The van der Waals surface area contributed by atoms with Gasteiger partial charge in [0, 0.05) is 22.9 Å². The van der Waals surface area contributed by atoms with Gasteiger partial charge in [-0.05, 0) is 53.6 Å². The number of benzene rings is 3. The zero-order chi connectivity index (χ0) is 20.8. The fraction of sp³-hybridized carbons (Fsp3) is 0.0769. The second-order valence-corrected chi connectivity index (χ2v) is 7.78. The van der Waals surface area contributed by atoms with Crippen LogP contribution in [-0.2, 0) is 0 Å². The first-order valence-electron chi connectivity index (χ1n) is 9.70. The summed E-state index contributed by atoms with van der Waals surface area (Å²) in [6.45, 7) is 2.10. The first-order valence-corrected chi connectivity index (χ1v) is 10.5. The summed E-state index contributed by atoms with van der Waals surface area (Å²) in [6.07, 6.45) is 3.55. The van der Waals surface area contributed by atoms with Crippen LogP contribution < -0.4 is 4.74 Å². The van der Waals surface area contributed by atoms with Crippen molar-refractivity contribution in [2.45, 2.75) is 12.1 Å². The second-order valence-electron chi connectivity index (χ2n) is 6.80. The molecule has 148 valence electrons. The van der Waals surface area contributed by atoms with Gasteiger partial charge in [-0.2, -0.15) is 0 Å². The number of aromatic nitrogens is 2. The normalized spacial score (nSPS) is 11.7. The monoisotopic (exact) mass is 410 g/mol. The third-order valence-corrected chi connectivity index (χ3v) is 5.75. The van der Waals surface area contributed by atoms with Crippen molar-refractivity contribution in [3.8, 4) is 5.75 Å². The van der Waals surface area contributed by atoms with Crippen LogP contribution in [0.15, 0.2) is 102 Å². The summed E-state index contributed by atoms with van der Waals surface area (Å²) >= 11 is 1.58. The quantitative estimate of drug-likeness (QED) is 0.206. The van der Waals surface area contributed by atoms with E-state index in [1.54, 1.807) is 31.3 Å². The van der Waals surface area contributed by atoms with Gasteiger partial charge in [-0.3, -0.25) is 0 Å². The highest BCUT2D eigenvalue weighted by molar-refractivity contribution is 8.08. The lowest BCUT2D eigenvalue weighted by Crippen LogP contribution is -1.95. The van der Waals surface area contributed by atoms with Crippen LogP contribution in [0.2, 0.25) is 0 Å². The van der Waals surface area contributed by atoms with Crippen LogP contribution in [0, 0.1) is 6.92 Å². The Morgan fingerprint density at radius 3 is 1.90 bits per heavy atom. The smallest absolute Gasteiger partial charge is 0.192 e. The molecule has 0 amide bonds. The van der Waals surface area contributed by atoms with Gasteiger partial charge in [-0.25, -0.2) is 9.97 Å². The van der Waals surface area contributed by atoms with Gasteiger partial charge in [0.1, 0.15) is 5.75 Å². The molecule has 0 aliphatic rings. The number of hydrogen-bond acceptors (Lipinski definition) is 4. The lowest BCUT2D eigenvalue weighted by molar-refractivity contribution is 0.415. The third-order valence-electron chi connectivity index (χ3n) is 4.72. The molecule has 1 aromatic heterocycles. The lowest BCUT2D eigenvalue weighted by Gasteiger charge is -2.17. The van der Waals surface area contributed by atoms with Crippen LogP contribution in [-0.4, -0.2) is 17.1 Å². The van der Waals surface area contributed by atoms with Crippen molar-refractivity contribution in [1.29, 1.82) is 0 Å². The van der Waals surface area contributed by atoms with Crippen LogP contribution in [0.25, 0.3) is 10.5 Å². The summed E-state index contributed by atoms with van der Waals surface area (Å²) in [5, 5.41) is 0.717. The topological polar surface area (TPSA) is 35.0 Å². The Hall–Kier alpha value is -3.37. The number of aryl methyl sites for hydroxylation is 1. The summed E-state index contributed by atoms with van der Waals surface area (Å²) in [7, 11) is 1.68. The molecule has 30 heavy (non-hydrogen) atoms. The Morgan fingerprint density at radius 1 is 0.700 bits per heavy atom. The van der Waals surface area contributed by atoms with Crippen molar-refractivity contribution in [3.05, 3.63) is 120 Å². The average molecular weight is 411 g/mol. The molecule has 0 radical (unpaired) electrons. The van der Waals surface area contributed by atoms with Gasteiger partial charge >= 0.3 is 0 Å². The Kier molecular flexibility index (Phi) is 6.26. The molecule has 0 aliphatic carbocycles. The van der Waals surface area contributed by atoms with Crippen molar-refractivity contribution in [2.75, 3.05) is 7.11 Å². The van der Waals surface area contributed by atoms with Gasteiger partial charge < -0.3 is 4.74 Å². The van der Waals surface area contributed by atoms with E-state index >= 15 is 0 Å². The molecule has 0 fully saturated rings. The summed E-state index contributed by atoms with van der Waals surface area (Å²) in [5.41, 5.74) is 5.76. The van der Waals surface area contributed by atoms with E-state index in [4.69, 9.17) is 4.74 Å². The maximum atomic E-state index is 5.37. The van der Waals surface area contributed by atoms with Gasteiger partial charge in [0.2, 0.25) is 0 Å². The molecular weight excluding hydrogens is 388 g/mol. The fourth-order valence-corrected chi connectivity index (χ4v) is 4.18. The minimum Gasteiger partial charge on any atom is -0.497 e. The first kappa shape index (κ1) is 19.9. The molecule has 4 aromatic rings. The van der Waals surface area contributed by atoms with E-state index in [1.807, 2.05) is 24.3 Å². The summed E-state index contributed by atoms with van der Waals surface area (Å²) in [5.74, 6) is 0.835. The van der Waals surface area contributed by atoms with Gasteiger partial charge in [0.15, 0.2) is 5.16 Å². The molecule has 4 heteroatoms. The van der Waals surface area contributed by atoms with E-state index in [-0.39, 0.29) is 0 Å². The van der Waals surface area contributed by atoms with Crippen LogP contribution in [0.1, 0.15) is 22.3 Å². The van der Waals surface area contributed by atoms with Crippen molar-refractivity contribution >= 4 is 22.2 Å². The number of nitrogens with zero attached hydrogens (tertiary/aromatic N) is 2. The van der Waals surface area contributed by atoms with E-state index < -0.39 is 0 Å². The molecule has 0 saturated heterocycles. The van der Waals surface area contributed by atoms with Gasteiger partial charge in [-0.1, -0.05) is 72.3 Å². The first-order chi connectivity index (χ1) is 14.7. The molecular formula is C26H22N2OS. The highest BCUT2D eigenvalue weighted by Gasteiger charge is 2.17. The molecule has 1 heterocycles. The van der Waals surface area contributed by atoms with Gasteiger partial charge in [-0.15, -0.1) is 0 Å². The summed E-state index contributed by atoms with van der Waals surface area (Å²) in [4.78, 5) is 10.0. The molecule has 3 nitrogen and oxygen atoms in total. The molecule has 0 saturated carbocycles. The predicted molar refractivity (Wildman–Crippen MR) is 124 cm³/mol. The number of rotatable bonds is 6. The minimum absolute atomic E-state index is 0.717. The number of hydrogen-bond donors (Lipinski definition) is 0. The second kappa shape index (κ2) is 9.42.